The monoisotopic (exact) mass is 422 g/mol. The summed E-state index contributed by atoms with van der Waals surface area (Å²) in [5.41, 5.74) is 2.81. The summed E-state index contributed by atoms with van der Waals surface area (Å²) in [6, 6.07) is 5.42. The van der Waals surface area contributed by atoms with Crippen molar-refractivity contribution in [1.29, 1.82) is 0 Å². The number of ether oxygens (including phenoxy) is 1. The summed E-state index contributed by atoms with van der Waals surface area (Å²) in [4.78, 5) is 34.9. The first-order valence-corrected chi connectivity index (χ1v) is 10.8. The number of hydrogen-bond acceptors (Lipinski definition) is 7. The van der Waals surface area contributed by atoms with Gasteiger partial charge in [-0.3, -0.25) is 9.69 Å². The lowest BCUT2D eigenvalue weighted by Gasteiger charge is -2.36. The van der Waals surface area contributed by atoms with Crippen LogP contribution in [0.4, 0.5) is 16.4 Å². The zero-order valence-electron chi connectivity index (χ0n) is 17.8. The molecule has 0 bridgehead atoms. The van der Waals surface area contributed by atoms with Crippen LogP contribution in [0.3, 0.4) is 0 Å². The summed E-state index contributed by atoms with van der Waals surface area (Å²) in [7, 11) is 0. The molecular weight excluding hydrogens is 396 g/mol. The summed E-state index contributed by atoms with van der Waals surface area (Å²) < 4.78 is 5.02. The Kier molecular flexibility index (Phi) is 4.95. The van der Waals surface area contributed by atoms with E-state index in [0.29, 0.717) is 31.4 Å². The molecule has 2 aliphatic heterocycles. The first kappa shape index (κ1) is 19.7. The average Bonchev–Trinajstić information content (AvgIpc) is 3.58. The van der Waals surface area contributed by atoms with Crippen LogP contribution in [0.1, 0.15) is 47.3 Å². The fourth-order valence-corrected chi connectivity index (χ4v) is 4.25. The molecule has 0 spiro atoms. The Labute approximate surface area is 181 Å². The highest BCUT2D eigenvalue weighted by Gasteiger charge is 2.33. The van der Waals surface area contributed by atoms with Crippen molar-refractivity contribution in [2.24, 2.45) is 0 Å². The SMILES string of the molecule is Cc1cc(C2CC2)cnc1N1CCN(C(=O)c2ccc(N3C(=O)OCC3C)nn2)CC1. The van der Waals surface area contributed by atoms with Gasteiger partial charge >= 0.3 is 6.09 Å². The summed E-state index contributed by atoms with van der Waals surface area (Å²) in [6.07, 6.45) is 4.11. The molecule has 3 aliphatic rings. The molecule has 2 saturated heterocycles. The number of amides is 2. The molecule has 162 valence electrons. The Morgan fingerprint density at radius 2 is 1.90 bits per heavy atom. The number of carbonyl (C=O) groups is 2. The van der Waals surface area contributed by atoms with E-state index in [1.165, 1.54) is 28.9 Å². The molecule has 1 saturated carbocycles. The Bertz CT molecular complexity index is 999. The van der Waals surface area contributed by atoms with E-state index >= 15 is 0 Å². The number of cyclic esters (lactones) is 1. The third-order valence-corrected chi connectivity index (χ3v) is 6.19. The van der Waals surface area contributed by atoms with Gasteiger partial charge in [-0.2, -0.15) is 0 Å². The van der Waals surface area contributed by atoms with Gasteiger partial charge in [0.1, 0.15) is 12.4 Å². The highest BCUT2D eigenvalue weighted by Crippen LogP contribution is 2.40. The number of aryl methyl sites for hydroxylation is 1. The van der Waals surface area contributed by atoms with Crippen molar-refractivity contribution in [3.8, 4) is 0 Å². The third-order valence-electron chi connectivity index (χ3n) is 6.19. The van der Waals surface area contributed by atoms with Crippen molar-refractivity contribution in [2.45, 2.75) is 38.6 Å². The topological polar surface area (TPSA) is 91.8 Å². The van der Waals surface area contributed by atoms with E-state index in [1.54, 1.807) is 17.0 Å². The van der Waals surface area contributed by atoms with Crippen molar-refractivity contribution >= 4 is 23.6 Å². The molecule has 0 N–H and O–H groups in total. The molecule has 1 aliphatic carbocycles. The maximum Gasteiger partial charge on any atom is 0.415 e. The van der Waals surface area contributed by atoms with Gasteiger partial charge in [-0.15, -0.1) is 10.2 Å². The normalized spacial score (nSPS) is 21.4. The Morgan fingerprint density at radius 3 is 2.48 bits per heavy atom. The van der Waals surface area contributed by atoms with Crippen LogP contribution in [0, 0.1) is 6.92 Å². The molecule has 2 amide bonds. The van der Waals surface area contributed by atoms with E-state index in [0.717, 1.165) is 18.9 Å². The second-order valence-corrected chi connectivity index (χ2v) is 8.54. The molecule has 1 unspecified atom stereocenters. The van der Waals surface area contributed by atoms with E-state index < -0.39 is 6.09 Å². The standard InChI is InChI=1S/C22H26N6O3/c1-14-11-17(16-3-4-16)12-23-20(14)26-7-9-27(10-8-26)21(29)18-5-6-19(25-24-18)28-15(2)13-31-22(28)30/h5-6,11-12,15-16H,3-4,7-10,13H2,1-2H3. The fraction of sp³-hybridized carbons (Fsp3) is 0.500. The minimum atomic E-state index is -0.439. The lowest BCUT2D eigenvalue weighted by Crippen LogP contribution is -2.49. The number of nitrogens with zero attached hydrogens (tertiary/aromatic N) is 6. The second-order valence-electron chi connectivity index (χ2n) is 8.54. The lowest BCUT2D eigenvalue weighted by atomic mass is 10.1. The van der Waals surface area contributed by atoms with Gasteiger partial charge in [-0.05, 0) is 55.9 Å². The van der Waals surface area contributed by atoms with Crippen LogP contribution in [0.2, 0.25) is 0 Å². The van der Waals surface area contributed by atoms with Crippen LogP contribution in [-0.4, -0.2) is 70.9 Å². The highest BCUT2D eigenvalue weighted by atomic mass is 16.6. The molecule has 2 aromatic heterocycles. The van der Waals surface area contributed by atoms with Crippen molar-refractivity contribution in [1.82, 2.24) is 20.1 Å². The molecule has 31 heavy (non-hydrogen) atoms. The van der Waals surface area contributed by atoms with Crippen LogP contribution < -0.4 is 9.80 Å². The predicted molar refractivity (Wildman–Crippen MR) is 114 cm³/mol. The van der Waals surface area contributed by atoms with E-state index in [1.807, 2.05) is 13.1 Å². The number of hydrogen-bond donors (Lipinski definition) is 0. The summed E-state index contributed by atoms with van der Waals surface area (Å²) >= 11 is 0. The quantitative estimate of drug-likeness (QED) is 0.747. The lowest BCUT2D eigenvalue weighted by molar-refractivity contribution is 0.0739. The van der Waals surface area contributed by atoms with Gasteiger partial charge in [0, 0.05) is 32.4 Å². The van der Waals surface area contributed by atoms with Crippen molar-refractivity contribution in [3.05, 3.63) is 41.2 Å². The highest BCUT2D eigenvalue weighted by molar-refractivity contribution is 5.93. The van der Waals surface area contributed by atoms with E-state index in [-0.39, 0.29) is 17.6 Å². The molecule has 9 heteroatoms. The summed E-state index contributed by atoms with van der Waals surface area (Å²) in [6.45, 7) is 6.96. The van der Waals surface area contributed by atoms with Gasteiger partial charge in [0.25, 0.3) is 5.91 Å². The number of anilines is 2. The maximum atomic E-state index is 12.9. The number of rotatable bonds is 4. The Hall–Kier alpha value is -3.23. The van der Waals surface area contributed by atoms with Crippen LogP contribution in [-0.2, 0) is 4.74 Å². The van der Waals surface area contributed by atoms with Crippen LogP contribution in [0.15, 0.2) is 24.4 Å². The smallest absolute Gasteiger partial charge is 0.415 e. The first-order chi connectivity index (χ1) is 15.0. The predicted octanol–water partition coefficient (Wildman–Crippen LogP) is 2.36. The molecule has 4 heterocycles. The van der Waals surface area contributed by atoms with Crippen molar-refractivity contribution in [3.63, 3.8) is 0 Å². The maximum absolute atomic E-state index is 12.9. The molecular formula is C22H26N6O3. The van der Waals surface area contributed by atoms with Gasteiger partial charge in [-0.25, -0.2) is 9.78 Å². The Morgan fingerprint density at radius 1 is 1.13 bits per heavy atom. The van der Waals surface area contributed by atoms with Gasteiger partial charge in [0.05, 0.1) is 6.04 Å². The van der Waals surface area contributed by atoms with Crippen molar-refractivity contribution < 1.29 is 14.3 Å². The summed E-state index contributed by atoms with van der Waals surface area (Å²) in [5.74, 6) is 1.95. The minimum Gasteiger partial charge on any atom is -0.447 e. The van der Waals surface area contributed by atoms with Crippen LogP contribution >= 0.6 is 0 Å². The molecule has 3 fully saturated rings. The number of pyridine rings is 1. The number of carbonyl (C=O) groups excluding carboxylic acids is 2. The number of aromatic nitrogens is 3. The summed E-state index contributed by atoms with van der Waals surface area (Å²) in [5, 5.41) is 8.16. The molecule has 2 aromatic rings. The average molecular weight is 422 g/mol. The zero-order chi connectivity index (χ0) is 21.5. The zero-order valence-corrected chi connectivity index (χ0v) is 17.8. The van der Waals surface area contributed by atoms with Crippen LogP contribution in [0.25, 0.3) is 0 Å². The third kappa shape index (κ3) is 3.80. The van der Waals surface area contributed by atoms with E-state index in [4.69, 9.17) is 9.72 Å². The van der Waals surface area contributed by atoms with Gasteiger partial charge < -0.3 is 14.5 Å². The molecule has 1 atom stereocenters. The van der Waals surface area contributed by atoms with E-state index in [9.17, 15) is 9.59 Å². The van der Waals surface area contributed by atoms with Gasteiger partial charge in [-0.1, -0.05) is 6.07 Å². The van der Waals surface area contributed by atoms with Gasteiger partial charge in [0.2, 0.25) is 0 Å². The molecule has 5 rings (SSSR count). The van der Waals surface area contributed by atoms with E-state index in [2.05, 4.69) is 28.1 Å². The Balaban J connectivity index is 1.21. The largest absolute Gasteiger partial charge is 0.447 e. The minimum absolute atomic E-state index is 0.105. The first-order valence-electron chi connectivity index (χ1n) is 10.8. The van der Waals surface area contributed by atoms with Crippen LogP contribution in [0.5, 0.6) is 0 Å². The number of piperazine rings is 1. The van der Waals surface area contributed by atoms with Crippen molar-refractivity contribution in [2.75, 3.05) is 42.6 Å². The second kappa shape index (κ2) is 7.79. The molecule has 9 nitrogen and oxygen atoms in total. The fourth-order valence-electron chi connectivity index (χ4n) is 4.25. The van der Waals surface area contributed by atoms with Gasteiger partial charge in [0.15, 0.2) is 11.5 Å². The molecule has 0 radical (unpaired) electrons. The molecule has 0 aromatic carbocycles.